The third kappa shape index (κ3) is 3.91. The highest BCUT2D eigenvalue weighted by Gasteiger charge is 2.50. The molecule has 6 heteroatoms. The van der Waals surface area contributed by atoms with Crippen molar-refractivity contribution in [1.29, 1.82) is 0 Å². The molecule has 0 radical (unpaired) electrons. The van der Waals surface area contributed by atoms with Gasteiger partial charge in [0.15, 0.2) is 5.60 Å². The van der Waals surface area contributed by atoms with Crippen LogP contribution in [0.5, 0.6) is 5.75 Å². The van der Waals surface area contributed by atoms with Gasteiger partial charge < -0.3 is 14.7 Å². The van der Waals surface area contributed by atoms with E-state index in [1.807, 2.05) is 19.9 Å². The lowest BCUT2D eigenvalue weighted by atomic mass is 9.88. The highest BCUT2D eigenvalue weighted by molar-refractivity contribution is 6.30. The van der Waals surface area contributed by atoms with Gasteiger partial charge in [0.25, 0.3) is 5.91 Å². The van der Waals surface area contributed by atoms with Crippen molar-refractivity contribution in [3.63, 3.8) is 0 Å². The number of hydrogen-bond acceptors (Lipinski definition) is 4. The minimum Gasteiger partial charge on any atom is -0.494 e. The van der Waals surface area contributed by atoms with E-state index in [1.54, 1.807) is 35.2 Å². The Bertz CT molecular complexity index is 909. The summed E-state index contributed by atoms with van der Waals surface area (Å²) >= 11 is 5.86. The molecule has 1 atom stereocenters. The minimum atomic E-state index is -1.80. The fourth-order valence-electron chi connectivity index (χ4n) is 3.76. The van der Waals surface area contributed by atoms with Crippen LogP contribution in [0.3, 0.4) is 0 Å². The van der Waals surface area contributed by atoms with Crippen molar-refractivity contribution < 1.29 is 19.4 Å². The second kappa shape index (κ2) is 7.94. The molecule has 0 saturated carbocycles. The maximum Gasteiger partial charge on any atom is 0.264 e. The molecule has 3 rings (SSSR count). The molecule has 2 aromatic carbocycles. The summed E-state index contributed by atoms with van der Waals surface area (Å²) in [4.78, 5) is 26.4. The van der Waals surface area contributed by atoms with Crippen LogP contribution >= 0.6 is 11.6 Å². The molecule has 0 spiro atoms. The number of benzene rings is 2. The Balaban J connectivity index is 1.77. The fraction of sp³-hybridized carbons (Fsp3) is 0.364. The number of hydrogen-bond donors (Lipinski definition) is 1. The second-order valence-electron chi connectivity index (χ2n) is 7.33. The van der Waals surface area contributed by atoms with Crippen LogP contribution in [0.1, 0.15) is 36.5 Å². The lowest BCUT2D eigenvalue weighted by Gasteiger charge is -2.22. The molecule has 2 aromatic rings. The van der Waals surface area contributed by atoms with E-state index in [0.29, 0.717) is 41.6 Å². The normalized spacial score (nSPS) is 18.3. The molecule has 0 bridgehead atoms. The number of amides is 1. The SMILES string of the molecule is CC(=O)C[C@@]1(O)C(=O)N(CCCOc2ccc(Cl)cc2)c2c(C)cc(C)cc21. The summed E-state index contributed by atoms with van der Waals surface area (Å²) in [6.07, 6.45) is 0.358. The second-order valence-corrected chi connectivity index (χ2v) is 7.77. The Morgan fingerprint density at radius 2 is 1.89 bits per heavy atom. The molecule has 1 aliphatic rings. The third-order valence-electron chi connectivity index (χ3n) is 4.87. The lowest BCUT2D eigenvalue weighted by Crippen LogP contribution is -2.42. The van der Waals surface area contributed by atoms with E-state index in [1.165, 1.54) is 6.92 Å². The van der Waals surface area contributed by atoms with Gasteiger partial charge in [-0.25, -0.2) is 0 Å². The van der Waals surface area contributed by atoms with Crippen LogP contribution in [0, 0.1) is 13.8 Å². The fourth-order valence-corrected chi connectivity index (χ4v) is 3.89. The van der Waals surface area contributed by atoms with E-state index in [2.05, 4.69) is 0 Å². The average molecular weight is 402 g/mol. The van der Waals surface area contributed by atoms with Crippen LogP contribution in [-0.2, 0) is 15.2 Å². The highest BCUT2D eigenvalue weighted by Crippen LogP contribution is 2.45. The van der Waals surface area contributed by atoms with Gasteiger partial charge in [-0.1, -0.05) is 29.3 Å². The Kier molecular flexibility index (Phi) is 5.77. The molecule has 1 amide bonds. The summed E-state index contributed by atoms with van der Waals surface area (Å²) in [7, 11) is 0. The first-order valence-electron chi connectivity index (χ1n) is 9.26. The topological polar surface area (TPSA) is 66.8 Å². The Morgan fingerprint density at radius 1 is 1.21 bits per heavy atom. The van der Waals surface area contributed by atoms with Gasteiger partial charge in [-0.3, -0.25) is 9.59 Å². The van der Waals surface area contributed by atoms with Gasteiger partial charge in [0, 0.05) is 23.6 Å². The number of aryl methyl sites for hydroxylation is 2. The first kappa shape index (κ1) is 20.4. The smallest absolute Gasteiger partial charge is 0.264 e. The average Bonchev–Trinajstić information content (AvgIpc) is 2.81. The summed E-state index contributed by atoms with van der Waals surface area (Å²) in [5.41, 5.74) is 1.27. The third-order valence-corrected chi connectivity index (χ3v) is 5.12. The van der Waals surface area contributed by atoms with Crippen LogP contribution in [0.4, 0.5) is 5.69 Å². The highest BCUT2D eigenvalue weighted by atomic mass is 35.5. The summed E-state index contributed by atoms with van der Waals surface area (Å²) < 4.78 is 5.70. The standard InChI is InChI=1S/C22H24ClNO4/c1-14-11-15(2)20-19(12-14)22(27,13-16(3)25)21(26)24(20)9-4-10-28-18-7-5-17(23)6-8-18/h5-8,11-12,27H,4,9-10,13H2,1-3H3/t22-/m0/s1. The van der Waals surface area contributed by atoms with E-state index in [9.17, 15) is 14.7 Å². The molecule has 0 unspecified atom stereocenters. The van der Waals surface area contributed by atoms with Crippen molar-refractivity contribution in [2.45, 2.75) is 39.2 Å². The molecule has 5 nitrogen and oxygen atoms in total. The molecule has 0 aromatic heterocycles. The number of Topliss-reactive ketones (excluding diaryl/α,β-unsaturated/α-hetero) is 1. The van der Waals surface area contributed by atoms with Crippen LogP contribution < -0.4 is 9.64 Å². The maximum atomic E-state index is 13.1. The van der Waals surface area contributed by atoms with Crippen molar-refractivity contribution in [3.8, 4) is 5.75 Å². The predicted octanol–water partition coefficient (Wildman–Crippen LogP) is 3.94. The molecular weight excluding hydrogens is 378 g/mol. The molecule has 148 valence electrons. The number of ketones is 1. The number of carbonyl (C=O) groups is 2. The molecule has 1 aliphatic heterocycles. The predicted molar refractivity (Wildman–Crippen MR) is 109 cm³/mol. The molecule has 0 aliphatic carbocycles. The van der Waals surface area contributed by atoms with Crippen molar-refractivity contribution in [1.82, 2.24) is 0 Å². The number of ether oxygens (including phenoxy) is 1. The van der Waals surface area contributed by atoms with Gasteiger partial charge in [0.05, 0.1) is 12.3 Å². The largest absolute Gasteiger partial charge is 0.494 e. The zero-order valence-corrected chi connectivity index (χ0v) is 17.0. The Labute approximate surface area is 169 Å². The zero-order chi connectivity index (χ0) is 20.5. The number of carbonyl (C=O) groups excluding carboxylic acids is 2. The minimum absolute atomic E-state index is 0.223. The quantitative estimate of drug-likeness (QED) is 0.713. The van der Waals surface area contributed by atoms with Crippen LogP contribution in [0.2, 0.25) is 5.02 Å². The van der Waals surface area contributed by atoms with Crippen molar-refractivity contribution in [2.24, 2.45) is 0 Å². The number of aliphatic hydroxyl groups is 1. The van der Waals surface area contributed by atoms with Crippen molar-refractivity contribution in [2.75, 3.05) is 18.1 Å². The van der Waals surface area contributed by atoms with Gasteiger partial charge in [-0.2, -0.15) is 0 Å². The number of nitrogens with zero attached hydrogens (tertiary/aromatic N) is 1. The first-order valence-corrected chi connectivity index (χ1v) is 9.64. The van der Waals surface area contributed by atoms with Gasteiger partial charge in [-0.15, -0.1) is 0 Å². The number of anilines is 1. The molecule has 0 saturated heterocycles. The zero-order valence-electron chi connectivity index (χ0n) is 16.3. The van der Waals surface area contributed by atoms with Crippen LogP contribution in [-0.4, -0.2) is 29.9 Å². The summed E-state index contributed by atoms with van der Waals surface area (Å²) in [5.74, 6) is 0.0317. The monoisotopic (exact) mass is 401 g/mol. The van der Waals surface area contributed by atoms with Crippen molar-refractivity contribution >= 4 is 29.0 Å². The number of halogens is 1. The summed E-state index contributed by atoms with van der Waals surface area (Å²) in [6, 6.07) is 10.9. The molecule has 1 heterocycles. The Hall–Kier alpha value is -2.37. The van der Waals surface area contributed by atoms with E-state index in [4.69, 9.17) is 16.3 Å². The molecular formula is C22H24ClNO4. The van der Waals surface area contributed by atoms with E-state index >= 15 is 0 Å². The van der Waals surface area contributed by atoms with Crippen LogP contribution in [0.15, 0.2) is 36.4 Å². The maximum absolute atomic E-state index is 13.1. The summed E-state index contributed by atoms with van der Waals surface area (Å²) in [6.45, 7) is 6.01. The van der Waals surface area contributed by atoms with Gasteiger partial charge in [0.2, 0.25) is 0 Å². The number of fused-ring (bicyclic) bond motifs is 1. The van der Waals surface area contributed by atoms with Crippen LogP contribution in [0.25, 0.3) is 0 Å². The van der Waals surface area contributed by atoms with Gasteiger partial charge >= 0.3 is 0 Å². The van der Waals surface area contributed by atoms with Gasteiger partial charge in [-0.05, 0) is 57.0 Å². The Morgan fingerprint density at radius 3 is 2.54 bits per heavy atom. The molecule has 0 fully saturated rings. The summed E-state index contributed by atoms with van der Waals surface area (Å²) in [5, 5.41) is 11.7. The molecule has 28 heavy (non-hydrogen) atoms. The van der Waals surface area contributed by atoms with Crippen molar-refractivity contribution in [3.05, 3.63) is 58.1 Å². The lowest BCUT2D eigenvalue weighted by molar-refractivity contribution is -0.141. The van der Waals surface area contributed by atoms with E-state index < -0.39 is 11.5 Å². The number of rotatable bonds is 7. The van der Waals surface area contributed by atoms with E-state index in [-0.39, 0.29) is 12.2 Å². The van der Waals surface area contributed by atoms with E-state index in [0.717, 1.165) is 11.1 Å². The van der Waals surface area contributed by atoms with Gasteiger partial charge in [0.1, 0.15) is 11.5 Å². The first-order chi connectivity index (χ1) is 13.2. The molecule has 1 N–H and O–H groups in total.